The monoisotopic (exact) mass is 241 g/mol. The van der Waals surface area contributed by atoms with E-state index in [9.17, 15) is 5.11 Å². The Labute approximate surface area is 100 Å². The second kappa shape index (κ2) is 6.35. The molecule has 2 heterocycles. The van der Waals surface area contributed by atoms with Gasteiger partial charge in [-0.2, -0.15) is 0 Å². The van der Waals surface area contributed by atoms with Crippen LogP contribution in [0.3, 0.4) is 0 Å². The smallest absolute Gasteiger partial charge is 0.101 e. The molecule has 2 rings (SSSR count). The Morgan fingerprint density at radius 2 is 2.56 bits per heavy atom. The normalized spacial score (nSPS) is 22.4. The van der Waals surface area contributed by atoms with Crippen molar-refractivity contribution in [1.82, 2.24) is 5.32 Å². The van der Waals surface area contributed by atoms with Gasteiger partial charge >= 0.3 is 0 Å². The second-order valence-electron chi connectivity index (χ2n) is 4.25. The molecule has 0 amide bonds. The average molecular weight is 241 g/mol. The molecule has 16 heavy (non-hydrogen) atoms. The minimum atomic E-state index is -0.361. The van der Waals surface area contributed by atoms with E-state index in [0.717, 1.165) is 31.1 Å². The van der Waals surface area contributed by atoms with Crippen LogP contribution in [-0.4, -0.2) is 31.4 Å². The van der Waals surface area contributed by atoms with Gasteiger partial charge < -0.3 is 15.2 Å². The third-order valence-corrected chi connectivity index (χ3v) is 3.94. The van der Waals surface area contributed by atoms with Crippen molar-refractivity contribution < 1.29 is 9.84 Å². The molecular formula is C12H19NO2S. The highest BCUT2D eigenvalue weighted by Gasteiger charge is 2.15. The van der Waals surface area contributed by atoms with E-state index in [4.69, 9.17) is 4.74 Å². The van der Waals surface area contributed by atoms with Gasteiger partial charge in [-0.15, -0.1) is 11.3 Å². The summed E-state index contributed by atoms with van der Waals surface area (Å²) in [4.78, 5) is 1.04. The Morgan fingerprint density at radius 1 is 1.62 bits per heavy atom. The van der Waals surface area contributed by atoms with Crippen LogP contribution in [0.4, 0.5) is 0 Å². The van der Waals surface area contributed by atoms with Crippen molar-refractivity contribution in [3.05, 3.63) is 22.4 Å². The molecule has 1 aromatic rings. The number of nitrogens with one attached hydrogen (secondary N) is 1. The first-order valence-electron chi connectivity index (χ1n) is 5.86. The summed E-state index contributed by atoms with van der Waals surface area (Å²) >= 11 is 1.60. The van der Waals surface area contributed by atoms with Crippen LogP contribution in [0.5, 0.6) is 0 Å². The summed E-state index contributed by atoms with van der Waals surface area (Å²) in [5.74, 6) is 0.714. The summed E-state index contributed by atoms with van der Waals surface area (Å²) in [5, 5.41) is 15.1. The van der Waals surface area contributed by atoms with Crippen LogP contribution in [0.2, 0.25) is 0 Å². The molecule has 1 saturated heterocycles. The number of aliphatic hydroxyl groups is 1. The quantitative estimate of drug-likeness (QED) is 0.746. The van der Waals surface area contributed by atoms with Crippen LogP contribution >= 0.6 is 11.3 Å². The third kappa shape index (κ3) is 3.56. The lowest BCUT2D eigenvalue weighted by Crippen LogP contribution is -2.23. The van der Waals surface area contributed by atoms with Crippen molar-refractivity contribution in [3.8, 4) is 0 Å². The molecule has 1 fully saturated rings. The number of aliphatic hydroxyl groups excluding tert-OH is 1. The Morgan fingerprint density at radius 3 is 3.25 bits per heavy atom. The molecule has 2 N–H and O–H groups in total. The van der Waals surface area contributed by atoms with Crippen LogP contribution in [0.25, 0.3) is 0 Å². The minimum Gasteiger partial charge on any atom is -0.386 e. The summed E-state index contributed by atoms with van der Waals surface area (Å²) < 4.78 is 5.32. The molecule has 90 valence electrons. The van der Waals surface area contributed by atoms with E-state index < -0.39 is 0 Å². The highest BCUT2D eigenvalue weighted by atomic mass is 32.1. The van der Waals surface area contributed by atoms with Gasteiger partial charge in [0.1, 0.15) is 6.10 Å². The molecule has 2 atom stereocenters. The van der Waals surface area contributed by atoms with Gasteiger partial charge in [-0.1, -0.05) is 6.07 Å². The van der Waals surface area contributed by atoms with Crippen molar-refractivity contribution >= 4 is 11.3 Å². The first kappa shape index (κ1) is 12.0. The maximum atomic E-state index is 9.82. The molecular weight excluding hydrogens is 222 g/mol. The van der Waals surface area contributed by atoms with Crippen LogP contribution < -0.4 is 5.32 Å². The molecule has 0 spiro atoms. The summed E-state index contributed by atoms with van der Waals surface area (Å²) in [6, 6.07) is 3.95. The fraction of sp³-hybridized carbons (Fsp3) is 0.667. The molecule has 0 radical (unpaired) electrons. The van der Waals surface area contributed by atoms with Crippen molar-refractivity contribution in [1.29, 1.82) is 0 Å². The molecule has 3 nitrogen and oxygen atoms in total. The van der Waals surface area contributed by atoms with E-state index in [2.05, 4.69) is 5.32 Å². The number of rotatable bonds is 6. The standard InChI is InChI=1S/C12H19NO2S/c14-11(12-2-1-7-16-12)8-13-5-3-10-4-6-15-9-10/h1-2,7,10-11,13-14H,3-6,8-9H2. The molecule has 0 saturated carbocycles. The topological polar surface area (TPSA) is 41.5 Å². The first-order chi connectivity index (χ1) is 7.86. The molecule has 0 aliphatic carbocycles. The fourth-order valence-electron chi connectivity index (χ4n) is 1.94. The van der Waals surface area contributed by atoms with E-state index >= 15 is 0 Å². The van der Waals surface area contributed by atoms with Gasteiger partial charge in [0.05, 0.1) is 0 Å². The predicted octanol–water partition coefficient (Wildman–Crippen LogP) is 1.80. The molecule has 0 aromatic carbocycles. The summed E-state index contributed by atoms with van der Waals surface area (Å²) in [5.41, 5.74) is 0. The zero-order valence-electron chi connectivity index (χ0n) is 9.39. The predicted molar refractivity (Wildman–Crippen MR) is 65.7 cm³/mol. The minimum absolute atomic E-state index is 0.361. The molecule has 4 heteroatoms. The summed E-state index contributed by atoms with van der Waals surface area (Å²) in [7, 11) is 0. The maximum absolute atomic E-state index is 9.82. The average Bonchev–Trinajstić information content (AvgIpc) is 2.96. The molecule has 1 aliphatic heterocycles. The van der Waals surface area contributed by atoms with Gasteiger partial charge in [0.2, 0.25) is 0 Å². The lowest BCUT2D eigenvalue weighted by Gasteiger charge is -2.11. The SMILES string of the molecule is OC(CNCCC1CCOC1)c1cccs1. The number of hydrogen-bond acceptors (Lipinski definition) is 4. The Balaban J connectivity index is 1.57. The fourth-order valence-corrected chi connectivity index (χ4v) is 2.65. The van der Waals surface area contributed by atoms with E-state index in [0.29, 0.717) is 12.5 Å². The van der Waals surface area contributed by atoms with Gasteiger partial charge in [-0.3, -0.25) is 0 Å². The van der Waals surface area contributed by atoms with Gasteiger partial charge in [-0.05, 0) is 36.8 Å². The van der Waals surface area contributed by atoms with Crippen LogP contribution in [0.15, 0.2) is 17.5 Å². The number of hydrogen-bond donors (Lipinski definition) is 2. The van der Waals surface area contributed by atoms with E-state index in [1.807, 2.05) is 17.5 Å². The maximum Gasteiger partial charge on any atom is 0.101 e. The molecule has 2 unspecified atom stereocenters. The van der Waals surface area contributed by atoms with E-state index in [1.54, 1.807) is 11.3 Å². The summed E-state index contributed by atoms with van der Waals surface area (Å²) in [6.45, 7) is 3.45. The van der Waals surface area contributed by atoms with Gasteiger partial charge in [0.25, 0.3) is 0 Å². The number of thiophene rings is 1. The van der Waals surface area contributed by atoms with Gasteiger partial charge in [0.15, 0.2) is 0 Å². The highest BCUT2D eigenvalue weighted by Crippen LogP contribution is 2.18. The third-order valence-electron chi connectivity index (χ3n) is 2.96. The van der Waals surface area contributed by atoms with E-state index in [-0.39, 0.29) is 6.10 Å². The van der Waals surface area contributed by atoms with Gasteiger partial charge in [-0.25, -0.2) is 0 Å². The lowest BCUT2D eigenvalue weighted by molar-refractivity contribution is 0.174. The van der Waals surface area contributed by atoms with Crippen LogP contribution in [0, 0.1) is 5.92 Å². The lowest BCUT2D eigenvalue weighted by atomic mass is 10.1. The first-order valence-corrected chi connectivity index (χ1v) is 6.74. The van der Waals surface area contributed by atoms with Crippen molar-refractivity contribution in [2.45, 2.75) is 18.9 Å². The second-order valence-corrected chi connectivity index (χ2v) is 5.23. The number of ether oxygens (including phenoxy) is 1. The Bertz CT molecular complexity index is 283. The zero-order chi connectivity index (χ0) is 11.2. The molecule has 1 aliphatic rings. The Kier molecular flexibility index (Phi) is 4.78. The molecule has 0 bridgehead atoms. The molecule has 1 aromatic heterocycles. The summed E-state index contributed by atoms with van der Waals surface area (Å²) in [6.07, 6.45) is 1.98. The van der Waals surface area contributed by atoms with Crippen LogP contribution in [-0.2, 0) is 4.74 Å². The Hall–Kier alpha value is -0.420. The zero-order valence-corrected chi connectivity index (χ0v) is 10.2. The van der Waals surface area contributed by atoms with Crippen LogP contribution in [0.1, 0.15) is 23.8 Å². The van der Waals surface area contributed by atoms with Crippen molar-refractivity contribution in [2.24, 2.45) is 5.92 Å². The largest absolute Gasteiger partial charge is 0.386 e. The van der Waals surface area contributed by atoms with E-state index in [1.165, 1.54) is 6.42 Å². The highest BCUT2D eigenvalue weighted by molar-refractivity contribution is 7.10. The van der Waals surface area contributed by atoms with Crippen molar-refractivity contribution in [3.63, 3.8) is 0 Å². The van der Waals surface area contributed by atoms with Crippen molar-refractivity contribution in [2.75, 3.05) is 26.3 Å². The van der Waals surface area contributed by atoms with Gasteiger partial charge in [0, 0.05) is 24.6 Å².